The molecule has 0 N–H and O–H groups in total. The maximum atomic E-state index is 14.1. The highest BCUT2D eigenvalue weighted by Crippen LogP contribution is 2.46. The SMILES string of the molecule is C/C=c1/cc(CN(C[C@@H]2CCCN2C(=O)OC(C)(C)C)C(=O)c2cc(OC)c3c(c2)OC(C)(C)O3)nn/c1=C/C.CC. The molecule has 0 aliphatic carbocycles. The van der Waals surface area contributed by atoms with Crippen molar-refractivity contribution in [1.82, 2.24) is 20.0 Å². The summed E-state index contributed by atoms with van der Waals surface area (Å²) in [5.74, 6) is 0.181. The van der Waals surface area contributed by atoms with E-state index in [1.54, 1.807) is 35.8 Å². The van der Waals surface area contributed by atoms with Crippen molar-refractivity contribution in [3.05, 3.63) is 40.0 Å². The third kappa shape index (κ3) is 7.72. The zero-order valence-corrected chi connectivity index (χ0v) is 26.7. The van der Waals surface area contributed by atoms with Crippen molar-refractivity contribution in [3.8, 4) is 17.2 Å². The number of hydrogen-bond acceptors (Lipinski definition) is 8. The van der Waals surface area contributed by atoms with Gasteiger partial charge in [-0.1, -0.05) is 26.0 Å². The number of hydrogen-bond donors (Lipinski definition) is 0. The molecule has 0 bridgehead atoms. The van der Waals surface area contributed by atoms with E-state index in [-0.39, 0.29) is 24.6 Å². The van der Waals surface area contributed by atoms with Crippen molar-refractivity contribution < 1.29 is 28.5 Å². The molecule has 2 aromatic rings. The minimum Gasteiger partial charge on any atom is -0.493 e. The maximum absolute atomic E-state index is 14.1. The first-order chi connectivity index (χ1) is 19.8. The van der Waals surface area contributed by atoms with Gasteiger partial charge in [0.15, 0.2) is 11.5 Å². The van der Waals surface area contributed by atoms with E-state index in [0.717, 1.165) is 23.4 Å². The molecule has 42 heavy (non-hydrogen) atoms. The molecule has 1 atom stereocenters. The molecule has 0 saturated carbocycles. The molecule has 1 fully saturated rings. The number of aromatic nitrogens is 2. The Hall–Kier alpha value is -3.82. The predicted octanol–water partition coefficient (Wildman–Crippen LogP) is 4.66. The van der Waals surface area contributed by atoms with E-state index >= 15 is 0 Å². The van der Waals surface area contributed by atoms with Gasteiger partial charge in [-0.25, -0.2) is 4.79 Å². The van der Waals surface area contributed by atoms with Crippen molar-refractivity contribution >= 4 is 24.2 Å². The number of fused-ring (bicyclic) bond motifs is 1. The molecule has 2 amide bonds. The summed E-state index contributed by atoms with van der Waals surface area (Å²) in [6, 6.07) is 5.06. The summed E-state index contributed by atoms with van der Waals surface area (Å²) in [5, 5.41) is 10.4. The second-order valence-corrected chi connectivity index (χ2v) is 11.5. The number of nitrogens with zero attached hydrogens (tertiary/aromatic N) is 4. The van der Waals surface area contributed by atoms with E-state index in [1.807, 2.05) is 66.7 Å². The van der Waals surface area contributed by atoms with E-state index in [1.165, 1.54) is 7.11 Å². The highest BCUT2D eigenvalue weighted by atomic mass is 16.7. The number of rotatable bonds is 6. The summed E-state index contributed by atoms with van der Waals surface area (Å²) in [7, 11) is 1.53. The molecule has 0 unspecified atom stereocenters. The molecule has 1 aromatic carbocycles. The zero-order valence-electron chi connectivity index (χ0n) is 26.7. The van der Waals surface area contributed by atoms with Crippen LogP contribution in [0.2, 0.25) is 0 Å². The average Bonchev–Trinajstić information content (AvgIpc) is 3.54. The van der Waals surface area contributed by atoms with Crippen LogP contribution >= 0.6 is 0 Å². The zero-order chi connectivity index (χ0) is 31.2. The lowest BCUT2D eigenvalue weighted by molar-refractivity contribution is -0.0439. The average molecular weight is 583 g/mol. The second kappa shape index (κ2) is 13.4. The summed E-state index contributed by atoms with van der Waals surface area (Å²) in [5.41, 5.74) is 0.409. The smallest absolute Gasteiger partial charge is 0.410 e. The first kappa shape index (κ1) is 32.7. The Morgan fingerprint density at radius 1 is 1.12 bits per heavy atom. The van der Waals surface area contributed by atoms with Crippen LogP contribution in [0.1, 0.15) is 91.2 Å². The maximum Gasteiger partial charge on any atom is 0.410 e. The molecule has 0 radical (unpaired) electrons. The van der Waals surface area contributed by atoms with E-state index in [4.69, 9.17) is 18.9 Å². The van der Waals surface area contributed by atoms with Gasteiger partial charge >= 0.3 is 6.09 Å². The fourth-order valence-electron chi connectivity index (χ4n) is 4.99. The number of benzene rings is 1. The molecule has 1 saturated heterocycles. The third-order valence-corrected chi connectivity index (χ3v) is 6.76. The Labute approximate surface area is 249 Å². The molecular formula is C32H46N4O6. The highest BCUT2D eigenvalue weighted by molar-refractivity contribution is 5.95. The largest absolute Gasteiger partial charge is 0.493 e. The molecule has 4 rings (SSSR count). The Bertz CT molecular complexity index is 1400. The molecule has 2 aliphatic heterocycles. The van der Waals surface area contributed by atoms with Crippen molar-refractivity contribution in [2.75, 3.05) is 20.2 Å². The lowest BCUT2D eigenvalue weighted by atomic mass is 10.1. The number of methoxy groups -OCH3 is 1. The normalized spacial score (nSPS) is 18.0. The summed E-state index contributed by atoms with van der Waals surface area (Å²) in [6.45, 7) is 18.1. The van der Waals surface area contributed by atoms with Crippen LogP contribution in [0.5, 0.6) is 17.2 Å². The predicted molar refractivity (Wildman–Crippen MR) is 162 cm³/mol. The van der Waals surface area contributed by atoms with Gasteiger partial charge in [0.05, 0.1) is 30.7 Å². The Balaban J connectivity index is 0.00000237. The lowest BCUT2D eigenvalue weighted by Gasteiger charge is -2.32. The number of likely N-dealkylation sites (tertiary alicyclic amines) is 1. The molecule has 230 valence electrons. The lowest BCUT2D eigenvalue weighted by Crippen LogP contribution is -2.46. The van der Waals surface area contributed by atoms with Crippen LogP contribution in [-0.4, -0.2) is 69.6 Å². The van der Waals surface area contributed by atoms with Gasteiger partial charge in [-0.3, -0.25) is 4.79 Å². The quantitative estimate of drug-likeness (QED) is 0.485. The number of carbonyl (C=O) groups excluding carboxylic acids is 2. The number of carbonyl (C=O) groups is 2. The molecule has 3 heterocycles. The molecular weight excluding hydrogens is 536 g/mol. The van der Waals surface area contributed by atoms with Crippen LogP contribution in [0.3, 0.4) is 0 Å². The fourth-order valence-corrected chi connectivity index (χ4v) is 4.99. The highest BCUT2D eigenvalue weighted by Gasteiger charge is 2.37. The van der Waals surface area contributed by atoms with Gasteiger partial charge in [0, 0.05) is 32.5 Å². The van der Waals surface area contributed by atoms with Gasteiger partial charge in [-0.15, -0.1) is 0 Å². The van der Waals surface area contributed by atoms with Gasteiger partial charge in [-0.05, 0) is 70.9 Å². The number of amides is 2. The molecule has 10 nitrogen and oxygen atoms in total. The Morgan fingerprint density at radius 3 is 2.45 bits per heavy atom. The molecule has 2 aliphatic rings. The van der Waals surface area contributed by atoms with E-state index in [0.29, 0.717) is 41.6 Å². The van der Waals surface area contributed by atoms with Crippen molar-refractivity contribution in [3.63, 3.8) is 0 Å². The minimum absolute atomic E-state index is 0.206. The van der Waals surface area contributed by atoms with Gasteiger partial charge in [0.1, 0.15) is 5.60 Å². The summed E-state index contributed by atoms with van der Waals surface area (Å²) in [6.07, 6.45) is 5.07. The van der Waals surface area contributed by atoms with Crippen LogP contribution in [0.4, 0.5) is 4.79 Å². The summed E-state index contributed by atoms with van der Waals surface area (Å²) < 4.78 is 23.0. The van der Waals surface area contributed by atoms with Gasteiger partial charge in [0.2, 0.25) is 11.5 Å². The van der Waals surface area contributed by atoms with Crippen molar-refractivity contribution in [1.29, 1.82) is 0 Å². The van der Waals surface area contributed by atoms with Crippen LogP contribution in [0, 0.1) is 0 Å². The first-order valence-electron chi connectivity index (χ1n) is 14.7. The molecule has 1 aromatic heterocycles. The Morgan fingerprint density at radius 2 is 1.83 bits per heavy atom. The minimum atomic E-state index is -0.880. The van der Waals surface area contributed by atoms with E-state index in [2.05, 4.69) is 10.2 Å². The third-order valence-electron chi connectivity index (χ3n) is 6.76. The fraction of sp³-hybridized carbons (Fsp3) is 0.562. The molecule has 10 heteroatoms. The first-order valence-corrected chi connectivity index (χ1v) is 14.7. The van der Waals surface area contributed by atoms with Crippen LogP contribution in [0.25, 0.3) is 12.2 Å². The van der Waals surface area contributed by atoms with Gasteiger partial charge in [0.25, 0.3) is 5.91 Å². The standard InChI is InChI=1S/C30H40N4O6.C2H6/c1-9-19-14-21(31-32-23(19)10-2)17-33(18-22-12-11-13-34(22)28(36)40-29(3,4)5)27(35)20-15-24(37-8)26-25(16-20)38-30(6,7)39-26;1-2/h9-10,14-16,22H,11-13,17-18H2,1-8H3;1-2H3/b19-9-,23-10+;/t22-;/m0./s1. The monoisotopic (exact) mass is 582 g/mol. The second-order valence-electron chi connectivity index (χ2n) is 11.5. The van der Waals surface area contributed by atoms with Crippen LogP contribution in [-0.2, 0) is 11.3 Å². The van der Waals surface area contributed by atoms with E-state index < -0.39 is 11.4 Å². The summed E-state index contributed by atoms with van der Waals surface area (Å²) >= 11 is 0. The van der Waals surface area contributed by atoms with E-state index in [9.17, 15) is 9.59 Å². The number of ether oxygens (including phenoxy) is 4. The van der Waals surface area contributed by atoms with Gasteiger partial charge in [-0.2, -0.15) is 10.2 Å². The van der Waals surface area contributed by atoms with Crippen LogP contribution in [0.15, 0.2) is 18.2 Å². The topological polar surface area (TPSA) is 103 Å². The Kier molecular flexibility index (Phi) is 10.5. The molecule has 0 spiro atoms. The van der Waals surface area contributed by atoms with Crippen LogP contribution < -0.4 is 24.8 Å². The van der Waals surface area contributed by atoms with Crippen molar-refractivity contribution in [2.45, 2.75) is 99.1 Å². The summed E-state index contributed by atoms with van der Waals surface area (Å²) in [4.78, 5) is 30.6. The van der Waals surface area contributed by atoms with Crippen molar-refractivity contribution in [2.24, 2.45) is 0 Å². The van der Waals surface area contributed by atoms with Gasteiger partial charge < -0.3 is 28.7 Å².